The number of esters is 2. The average Bonchev–Trinajstić information content (AvgIpc) is 2.50. The summed E-state index contributed by atoms with van der Waals surface area (Å²) in [5.74, 6) is -0.227. The van der Waals surface area contributed by atoms with E-state index in [1.807, 2.05) is 24.5 Å². The van der Waals surface area contributed by atoms with Crippen LogP contribution in [0.4, 0.5) is 0 Å². The second-order valence-corrected chi connectivity index (χ2v) is 5.40. The van der Waals surface area contributed by atoms with Crippen molar-refractivity contribution >= 4 is 23.7 Å². The molecule has 4 nitrogen and oxygen atoms in total. The SMILES string of the molecule is CCCCCOC(=O)CCC(=O)Oc1ccccc1SC. The summed E-state index contributed by atoms with van der Waals surface area (Å²) in [5.41, 5.74) is 0. The summed E-state index contributed by atoms with van der Waals surface area (Å²) in [7, 11) is 0. The quantitative estimate of drug-likeness (QED) is 0.300. The summed E-state index contributed by atoms with van der Waals surface area (Å²) < 4.78 is 10.3. The molecule has 1 rings (SSSR count). The fraction of sp³-hybridized carbons (Fsp3) is 0.500. The number of benzene rings is 1. The fourth-order valence-corrected chi connectivity index (χ4v) is 2.22. The third-order valence-corrected chi connectivity index (χ3v) is 3.61. The predicted octanol–water partition coefficient (Wildman–Crippen LogP) is 3.83. The van der Waals surface area contributed by atoms with E-state index in [0.717, 1.165) is 24.2 Å². The van der Waals surface area contributed by atoms with Gasteiger partial charge in [-0.05, 0) is 24.8 Å². The minimum Gasteiger partial charge on any atom is -0.466 e. The minimum atomic E-state index is -0.415. The topological polar surface area (TPSA) is 52.6 Å². The average molecular weight is 310 g/mol. The third-order valence-electron chi connectivity index (χ3n) is 2.84. The number of carbonyl (C=O) groups excluding carboxylic acids is 2. The van der Waals surface area contributed by atoms with Gasteiger partial charge in [-0.15, -0.1) is 11.8 Å². The zero-order valence-corrected chi connectivity index (χ0v) is 13.4. The van der Waals surface area contributed by atoms with E-state index in [1.165, 1.54) is 11.8 Å². The van der Waals surface area contributed by atoms with Crippen molar-refractivity contribution in [3.8, 4) is 5.75 Å². The minimum absolute atomic E-state index is 0.0370. The second-order valence-electron chi connectivity index (χ2n) is 4.55. The molecule has 0 aliphatic heterocycles. The molecule has 1 aromatic carbocycles. The largest absolute Gasteiger partial charge is 0.466 e. The van der Waals surface area contributed by atoms with E-state index in [-0.39, 0.29) is 18.8 Å². The van der Waals surface area contributed by atoms with Gasteiger partial charge in [0.1, 0.15) is 5.75 Å². The van der Waals surface area contributed by atoms with Gasteiger partial charge in [-0.25, -0.2) is 0 Å². The van der Waals surface area contributed by atoms with Crippen LogP contribution in [0.3, 0.4) is 0 Å². The number of hydrogen-bond donors (Lipinski definition) is 0. The molecule has 0 unspecified atom stereocenters. The Morgan fingerprint density at radius 1 is 1.10 bits per heavy atom. The molecule has 0 heterocycles. The number of hydrogen-bond acceptors (Lipinski definition) is 5. The maximum atomic E-state index is 11.7. The van der Waals surface area contributed by atoms with E-state index in [9.17, 15) is 9.59 Å². The Labute approximate surface area is 130 Å². The molecule has 0 fully saturated rings. The Morgan fingerprint density at radius 3 is 2.52 bits per heavy atom. The molecule has 0 radical (unpaired) electrons. The molecule has 0 aliphatic carbocycles. The van der Waals surface area contributed by atoms with E-state index in [0.29, 0.717) is 12.4 Å². The highest BCUT2D eigenvalue weighted by Gasteiger charge is 2.11. The lowest BCUT2D eigenvalue weighted by Crippen LogP contribution is -2.13. The van der Waals surface area contributed by atoms with Gasteiger partial charge in [0.15, 0.2) is 0 Å². The molecular formula is C16H22O4S. The van der Waals surface area contributed by atoms with Crippen LogP contribution in [0.1, 0.15) is 39.0 Å². The van der Waals surface area contributed by atoms with Crippen LogP contribution >= 0.6 is 11.8 Å². The van der Waals surface area contributed by atoms with Crippen LogP contribution in [-0.4, -0.2) is 24.8 Å². The Hall–Kier alpha value is -1.49. The van der Waals surface area contributed by atoms with Gasteiger partial charge < -0.3 is 9.47 Å². The van der Waals surface area contributed by atoms with Crippen LogP contribution in [0.2, 0.25) is 0 Å². The summed E-state index contributed by atoms with van der Waals surface area (Å²) in [6.45, 7) is 2.52. The fourth-order valence-electron chi connectivity index (χ4n) is 1.69. The standard InChI is InChI=1S/C16H22O4S/c1-3-4-7-12-19-15(17)10-11-16(18)20-13-8-5-6-9-14(13)21-2/h5-6,8-9H,3-4,7,10-12H2,1-2H3. The van der Waals surface area contributed by atoms with Crippen LogP contribution in [0.5, 0.6) is 5.75 Å². The summed E-state index contributed by atoms with van der Waals surface area (Å²) in [6, 6.07) is 7.32. The van der Waals surface area contributed by atoms with Gasteiger partial charge in [0, 0.05) is 4.90 Å². The van der Waals surface area contributed by atoms with Gasteiger partial charge in [-0.3, -0.25) is 9.59 Å². The highest BCUT2D eigenvalue weighted by Crippen LogP contribution is 2.27. The molecule has 0 N–H and O–H groups in total. The van der Waals surface area contributed by atoms with E-state index in [1.54, 1.807) is 6.07 Å². The van der Waals surface area contributed by atoms with Gasteiger partial charge in [0.25, 0.3) is 0 Å². The molecule has 0 atom stereocenters. The van der Waals surface area contributed by atoms with Crippen molar-refractivity contribution in [3.05, 3.63) is 24.3 Å². The first kappa shape index (κ1) is 17.6. The molecule has 116 valence electrons. The smallest absolute Gasteiger partial charge is 0.311 e. The highest BCUT2D eigenvalue weighted by atomic mass is 32.2. The zero-order valence-electron chi connectivity index (χ0n) is 12.6. The number of thioether (sulfide) groups is 1. The number of ether oxygens (including phenoxy) is 2. The Morgan fingerprint density at radius 2 is 1.81 bits per heavy atom. The molecule has 0 saturated carbocycles. The monoisotopic (exact) mass is 310 g/mol. The first-order valence-electron chi connectivity index (χ1n) is 7.16. The van der Waals surface area contributed by atoms with Crippen LogP contribution < -0.4 is 4.74 Å². The lowest BCUT2D eigenvalue weighted by atomic mass is 10.3. The lowest BCUT2D eigenvalue weighted by molar-refractivity contribution is -0.147. The highest BCUT2D eigenvalue weighted by molar-refractivity contribution is 7.98. The van der Waals surface area contributed by atoms with Gasteiger partial charge in [-0.2, -0.15) is 0 Å². The van der Waals surface area contributed by atoms with Crippen molar-refractivity contribution in [2.75, 3.05) is 12.9 Å². The molecule has 0 saturated heterocycles. The van der Waals surface area contributed by atoms with E-state index in [4.69, 9.17) is 9.47 Å². The summed E-state index contributed by atoms with van der Waals surface area (Å²) >= 11 is 1.51. The van der Waals surface area contributed by atoms with Crippen molar-refractivity contribution in [3.63, 3.8) is 0 Å². The maximum Gasteiger partial charge on any atom is 0.311 e. The normalized spacial score (nSPS) is 10.2. The maximum absolute atomic E-state index is 11.7. The summed E-state index contributed by atoms with van der Waals surface area (Å²) in [4.78, 5) is 24.1. The number of rotatable bonds is 9. The van der Waals surface area contributed by atoms with Crippen LogP contribution in [0.25, 0.3) is 0 Å². The van der Waals surface area contributed by atoms with E-state index >= 15 is 0 Å². The van der Waals surface area contributed by atoms with Gasteiger partial charge in [0.05, 0.1) is 19.4 Å². The molecule has 5 heteroatoms. The van der Waals surface area contributed by atoms with Crippen molar-refractivity contribution in [1.29, 1.82) is 0 Å². The zero-order chi connectivity index (χ0) is 15.5. The summed E-state index contributed by atoms with van der Waals surface area (Å²) in [5, 5.41) is 0. The Kier molecular flexibility index (Phi) is 8.59. The molecule has 0 aliphatic rings. The number of para-hydroxylation sites is 1. The van der Waals surface area contributed by atoms with Crippen LogP contribution in [-0.2, 0) is 14.3 Å². The van der Waals surface area contributed by atoms with Crippen molar-refractivity contribution in [2.45, 2.75) is 43.9 Å². The number of unbranched alkanes of at least 4 members (excludes halogenated alkanes) is 2. The van der Waals surface area contributed by atoms with Gasteiger partial charge in [-0.1, -0.05) is 31.9 Å². The molecule has 0 aromatic heterocycles. The van der Waals surface area contributed by atoms with Crippen LogP contribution in [0, 0.1) is 0 Å². The molecule has 0 bridgehead atoms. The van der Waals surface area contributed by atoms with Crippen molar-refractivity contribution in [1.82, 2.24) is 0 Å². The lowest BCUT2D eigenvalue weighted by Gasteiger charge is -2.08. The van der Waals surface area contributed by atoms with Gasteiger partial charge >= 0.3 is 11.9 Å². The molecule has 21 heavy (non-hydrogen) atoms. The van der Waals surface area contributed by atoms with Crippen molar-refractivity contribution < 1.29 is 19.1 Å². The first-order valence-corrected chi connectivity index (χ1v) is 8.39. The molecular weight excluding hydrogens is 288 g/mol. The van der Waals surface area contributed by atoms with Crippen molar-refractivity contribution in [2.24, 2.45) is 0 Å². The second kappa shape index (κ2) is 10.3. The van der Waals surface area contributed by atoms with Crippen LogP contribution in [0.15, 0.2) is 29.2 Å². The first-order chi connectivity index (χ1) is 10.2. The molecule has 1 aromatic rings. The number of carbonyl (C=O) groups is 2. The molecule has 0 amide bonds. The van der Waals surface area contributed by atoms with Gasteiger partial charge in [0.2, 0.25) is 0 Å². The Bertz CT molecular complexity index is 459. The summed E-state index contributed by atoms with van der Waals surface area (Å²) in [6.07, 6.45) is 5.01. The van der Waals surface area contributed by atoms with E-state index < -0.39 is 5.97 Å². The predicted molar refractivity (Wildman–Crippen MR) is 83.6 cm³/mol. The molecule has 0 spiro atoms. The Balaban J connectivity index is 2.29. The third kappa shape index (κ3) is 7.18. The van der Waals surface area contributed by atoms with E-state index in [2.05, 4.69) is 6.92 Å².